The van der Waals surface area contributed by atoms with Crippen LogP contribution in [0.4, 0.5) is 4.39 Å². The van der Waals surface area contributed by atoms with Crippen LogP contribution in [0.5, 0.6) is 5.75 Å². The highest BCUT2D eigenvalue weighted by Crippen LogP contribution is 2.34. The molecular formula is C24H25FO4. The highest BCUT2D eigenvalue weighted by atomic mass is 19.1. The molecule has 0 aliphatic carbocycles. The molecule has 4 rings (SSSR count). The molecule has 29 heavy (non-hydrogen) atoms. The summed E-state index contributed by atoms with van der Waals surface area (Å²) in [5, 5.41) is 2.27. The molecule has 0 radical (unpaired) electrons. The molecule has 5 heteroatoms. The van der Waals surface area contributed by atoms with Gasteiger partial charge in [-0.15, -0.1) is 0 Å². The highest BCUT2D eigenvalue weighted by molar-refractivity contribution is 5.85. The first-order valence-corrected chi connectivity index (χ1v) is 9.70. The van der Waals surface area contributed by atoms with Crippen LogP contribution in [0.3, 0.4) is 0 Å². The van der Waals surface area contributed by atoms with Crippen LogP contribution in [0.1, 0.15) is 31.1 Å². The van der Waals surface area contributed by atoms with E-state index in [1.807, 2.05) is 38.1 Å². The molecule has 3 aromatic carbocycles. The Morgan fingerprint density at radius 2 is 1.90 bits per heavy atom. The van der Waals surface area contributed by atoms with E-state index in [0.717, 1.165) is 16.3 Å². The van der Waals surface area contributed by atoms with Crippen molar-refractivity contribution < 1.29 is 23.3 Å². The summed E-state index contributed by atoms with van der Waals surface area (Å²) in [7, 11) is 1.58. The maximum atomic E-state index is 14.3. The SMILES string of the molecule is CO[C@H](c1cc(F)cc(OCc2cccc3ccccc23)c1)[C@H]1COC(C)(C)O1. The zero-order chi connectivity index (χ0) is 20.4. The lowest BCUT2D eigenvalue weighted by molar-refractivity contribution is -0.154. The number of ether oxygens (including phenoxy) is 4. The second-order valence-corrected chi connectivity index (χ2v) is 7.67. The van der Waals surface area contributed by atoms with Crippen LogP contribution in [-0.4, -0.2) is 25.6 Å². The van der Waals surface area contributed by atoms with E-state index in [4.69, 9.17) is 18.9 Å². The topological polar surface area (TPSA) is 36.9 Å². The second kappa shape index (κ2) is 8.11. The third kappa shape index (κ3) is 4.42. The van der Waals surface area contributed by atoms with Gasteiger partial charge < -0.3 is 18.9 Å². The van der Waals surface area contributed by atoms with Crippen molar-refractivity contribution in [2.75, 3.05) is 13.7 Å². The van der Waals surface area contributed by atoms with Gasteiger partial charge in [0.15, 0.2) is 5.79 Å². The Bertz CT molecular complexity index is 996. The van der Waals surface area contributed by atoms with Gasteiger partial charge in [0.2, 0.25) is 0 Å². The maximum Gasteiger partial charge on any atom is 0.163 e. The number of methoxy groups -OCH3 is 1. The predicted octanol–water partition coefficient (Wildman–Crippen LogP) is 5.40. The van der Waals surface area contributed by atoms with E-state index in [1.165, 1.54) is 12.1 Å². The Labute approximate surface area is 170 Å². The molecular weight excluding hydrogens is 371 g/mol. The Balaban J connectivity index is 1.55. The van der Waals surface area contributed by atoms with Crippen molar-refractivity contribution in [1.82, 2.24) is 0 Å². The Hall–Kier alpha value is -2.47. The number of halogens is 1. The average Bonchev–Trinajstić information content (AvgIpc) is 3.06. The fraction of sp³-hybridized carbons (Fsp3) is 0.333. The summed E-state index contributed by atoms with van der Waals surface area (Å²) in [6.07, 6.45) is -0.768. The summed E-state index contributed by atoms with van der Waals surface area (Å²) in [6, 6.07) is 18.9. The van der Waals surface area contributed by atoms with Gasteiger partial charge in [-0.2, -0.15) is 0 Å². The molecule has 0 amide bonds. The first-order chi connectivity index (χ1) is 13.9. The van der Waals surface area contributed by atoms with Crippen molar-refractivity contribution in [2.24, 2.45) is 0 Å². The summed E-state index contributed by atoms with van der Waals surface area (Å²) < 4.78 is 37.4. The average molecular weight is 396 g/mol. The van der Waals surface area contributed by atoms with Gasteiger partial charge in [-0.25, -0.2) is 4.39 Å². The van der Waals surface area contributed by atoms with Gasteiger partial charge in [0.05, 0.1) is 6.61 Å². The van der Waals surface area contributed by atoms with E-state index in [2.05, 4.69) is 18.2 Å². The number of hydrogen-bond acceptors (Lipinski definition) is 4. The summed E-state index contributed by atoms with van der Waals surface area (Å²) in [5.41, 5.74) is 1.71. The second-order valence-electron chi connectivity index (χ2n) is 7.67. The van der Waals surface area contributed by atoms with E-state index in [9.17, 15) is 4.39 Å². The zero-order valence-electron chi connectivity index (χ0n) is 16.9. The van der Waals surface area contributed by atoms with E-state index < -0.39 is 11.9 Å². The Kier molecular flexibility index (Phi) is 5.54. The summed E-state index contributed by atoms with van der Waals surface area (Å²) >= 11 is 0. The van der Waals surface area contributed by atoms with E-state index >= 15 is 0 Å². The van der Waals surface area contributed by atoms with E-state index in [-0.39, 0.29) is 11.9 Å². The lowest BCUT2D eigenvalue weighted by Crippen LogP contribution is -2.26. The largest absolute Gasteiger partial charge is 0.489 e. The van der Waals surface area contributed by atoms with Gasteiger partial charge in [0.25, 0.3) is 0 Å². The van der Waals surface area contributed by atoms with Gasteiger partial charge in [-0.3, -0.25) is 0 Å². The third-order valence-electron chi connectivity index (χ3n) is 5.12. The van der Waals surface area contributed by atoms with Crippen LogP contribution in [0.15, 0.2) is 60.7 Å². The molecule has 4 nitrogen and oxygen atoms in total. The fourth-order valence-corrected chi connectivity index (χ4v) is 3.78. The van der Waals surface area contributed by atoms with Crippen LogP contribution in [0.25, 0.3) is 10.8 Å². The van der Waals surface area contributed by atoms with Crippen molar-refractivity contribution in [3.63, 3.8) is 0 Å². The molecule has 1 saturated heterocycles. The first-order valence-electron chi connectivity index (χ1n) is 9.70. The molecule has 0 unspecified atom stereocenters. The minimum atomic E-state index is -0.678. The molecule has 0 saturated carbocycles. The molecule has 1 aliphatic heterocycles. The van der Waals surface area contributed by atoms with Crippen molar-refractivity contribution in [2.45, 2.75) is 38.4 Å². The quantitative estimate of drug-likeness (QED) is 0.559. The predicted molar refractivity (Wildman–Crippen MR) is 109 cm³/mol. The smallest absolute Gasteiger partial charge is 0.163 e. The lowest BCUT2D eigenvalue weighted by atomic mass is 10.0. The standard InChI is InChI=1S/C24H25FO4/c1-24(2)28-15-22(29-24)23(26-3)18-11-19(25)13-20(12-18)27-14-17-9-6-8-16-7-4-5-10-21(16)17/h4-13,22-23H,14-15H2,1-3H3/t22-,23-/m1/s1. The first kappa shape index (κ1) is 19.8. The highest BCUT2D eigenvalue weighted by Gasteiger charge is 2.38. The molecule has 3 aromatic rings. The number of rotatable bonds is 6. The summed E-state index contributed by atoms with van der Waals surface area (Å²) in [6.45, 7) is 4.43. The molecule has 0 N–H and O–H groups in total. The minimum absolute atomic E-state index is 0.317. The van der Waals surface area contributed by atoms with Gasteiger partial charge >= 0.3 is 0 Å². The zero-order valence-corrected chi connectivity index (χ0v) is 16.9. The summed E-state index contributed by atoms with van der Waals surface area (Å²) in [4.78, 5) is 0. The van der Waals surface area contributed by atoms with Gasteiger partial charge in [-0.1, -0.05) is 42.5 Å². The molecule has 0 spiro atoms. The molecule has 1 fully saturated rings. The third-order valence-corrected chi connectivity index (χ3v) is 5.12. The van der Waals surface area contributed by atoms with Gasteiger partial charge in [0, 0.05) is 13.2 Å². The Morgan fingerprint density at radius 1 is 1.10 bits per heavy atom. The van der Waals surface area contributed by atoms with Crippen molar-refractivity contribution in [3.05, 3.63) is 77.6 Å². The van der Waals surface area contributed by atoms with Crippen LogP contribution >= 0.6 is 0 Å². The molecule has 0 bridgehead atoms. The maximum absolute atomic E-state index is 14.3. The molecule has 0 aromatic heterocycles. The molecule has 1 heterocycles. The van der Waals surface area contributed by atoms with Crippen LogP contribution < -0.4 is 4.74 Å². The van der Waals surface area contributed by atoms with Gasteiger partial charge in [0.1, 0.15) is 30.4 Å². The Morgan fingerprint density at radius 3 is 2.66 bits per heavy atom. The van der Waals surface area contributed by atoms with E-state index in [0.29, 0.717) is 24.5 Å². The normalized spacial score (nSPS) is 19.4. The number of fused-ring (bicyclic) bond motifs is 1. The molecule has 152 valence electrons. The lowest BCUT2D eigenvalue weighted by Gasteiger charge is -2.24. The van der Waals surface area contributed by atoms with Crippen LogP contribution in [0.2, 0.25) is 0 Å². The van der Waals surface area contributed by atoms with Crippen molar-refractivity contribution >= 4 is 10.8 Å². The minimum Gasteiger partial charge on any atom is -0.489 e. The summed E-state index contributed by atoms with van der Waals surface area (Å²) in [5.74, 6) is -0.605. The number of benzene rings is 3. The van der Waals surface area contributed by atoms with E-state index in [1.54, 1.807) is 13.2 Å². The fourth-order valence-electron chi connectivity index (χ4n) is 3.78. The molecule has 1 aliphatic rings. The monoisotopic (exact) mass is 396 g/mol. The van der Waals surface area contributed by atoms with Gasteiger partial charge in [-0.05, 0) is 47.9 Å². The van der Waals surface area contributed by atoms with Crippen LogP contribution in [0, 0.1) is 5.82 Å². The number of hydrogen-bond donors (Lipinski definition) is 0. The molecule has 2 atom stereocenters. The van der Waals surface area contributed by atoms with Crippen molar-refractivity contribution in [3.8, 4) is 5.75 Å². The van der Waals surface area contributed by atoms with Crippen molar-refractivity contribution in [1.29, 1.82) is 0 Å². The van der Waals surface area contributed by atoms with Crippen LogP contribution in [-0.2, 0) is 20.8 Å².